The van der Waals surface area contributed by atoms with Gasteiger partial charge in [-0.25, -0.2) is 0 Å². The number of benzene rings is 2. The number of rotatable bonds is 8. The van der Waals surface area contributed by atoms with Gasteiger partial charge in [0, 0.05) is 12.2 Å². The Labute approximate surface area is 165 Å². The quantitative estimate of drug-likeness (QED) is 0.555. The number of imide groups is 1. The topological polar surface area (TPSA) is 58.6 Å². The fourth-order valence-corrected chi connectivity index (χ4v) is 2.97. The van der Waals surface area contributed by atoms with Crippen LogP contribution in [0.4, 0.5) is 5.69 Å². The van der Waals surface area contributed by atoms with E-state index < -0.39 is 0 Å². The van der Waals surface area contributed by atoms with Gasteiger partial charge < -0.3 is 10.1 Å². The van der Waals surface area contributed by atoms with E-state index in [0.717, 1.165) is 23.4 Å². The van der Waals surface area contributed by atoms with Crippen LogP contribution in [0, 0.1) is 6.92 Å². The van der Waals surface area contributed by atoms with E-state index in [1.807, 2.05) is 50.2 Å². The molecular weight excluding hydrogens is 352 g/mol. The molecule has 0 fully saturated rings. The molecule has 2 aromatic carbocycles. The van der Waals surface area contributed by atoms with Gasteiger partial charge in [0.1, 0.15) is 11.4 Å². The van der Waals surface area contributed by atoms with Gasteiger partial charge in [-0.15, -0.1) is 6.58 Å². The summed E-state index contributed by atoms with van der Waals surface area (Å²) < 4.78 is 5.61. The standard InChI is InChI=1S/C23H24N2O3/c1-4-14-25-22(26)20(17-8-12-19(13-9-17)28-15-5-2)21(23(25)27)24-18-10-6-16(3)7-11-18/h4,6-13,24H,1,5,14-15H2,2-3H3. The summed E-state index contributed by atoms with van der Waals surface area (Å²) in [6, 6.07) is 14.9. The van der Waals surface area contributed by atoms with Crippen LogP contribution in [0.1, 0.15) is 24.5 Å². The summed E-state index contributed by atoms with van der Waals surface area (Å²) >= 11 is 0. The number of nitrogens with zero attached hydrogens (tertiary/aromatic N) is 1. The second kappa shape index (κ2) is 8.57. The highest BCUT2D eigenvalue weighted by Crippen LogP contribution is 2.31. The summed E-state index contributed by atoms with van der Waals surface area (Å²) in [6.07, 6.45) is 2.46. The van der Waals surface area contributed by atoms with Crippen molar-refractivity contribution in [3.63, 3.8) is 0 Å². The SMILES string of the molecule is C=CCN1C(=O)C(Nc2ccc(C)cc2)=C(c2ccc(OCCC)cc2)C1=O. The highest BCUT2D eigenvalue weighted by atomic mass is 16.5. The van der Waals surface area contributed by atoms with E-state index in [1.54, 1.807) is 18.2 Å². The number of aryl methyl sites for hydroxylation is 1. The van der Waals surface area contributed by atoms with Crippen LogP contribution in [0.3, 0.4) is 0 Å². The number of ether oxygens (including phenoxy) is 1. The molecule has 144 valence electrons. The van der Waals surface area contributed by atoms with Gasteiger partial charge in [0.2, 0.25) is 0 Å². The second-order valence-corrected chi connectivity index (χ2v) is 6.62. The van der Waals surface area contributed by atoms with Gasteiger partial charge in [-0.05, 0) is 43.2 Å². The molecule has 0 spiro atoms. The molecule has 5 nitrogen and oxygen atoms in total. The highest BCUT2D eigenvalue weighted by Gasteiger charge is 2.38. The molecule has 28 heavy (non-hydrogen) atoms. The van der Waals surface area contributed by atoms with Crippen molar-refractivity contribution in [3.8, 4) is 5.75 Å². The van der Waals surface area contributed by atoms with E-state index in [2.05, 4.69) is 11.9 Å². The molecule has 2 aromatic rings. The minimum atomic E-state index is -0.355. The largest absolute Gasteiger partial charge is 0.494 e. The third-order valence-electron chi connectivity index (χ3n) is 4.42. The van der Waals surface area contributed by atoms with Gasteiger partial charge in [-0.1, -0.05) is 42.8 Å². The molecule has 1 heterocycles. The third-order valence-corrected chi connectivity index (χ3v) is 4.42. The van der Waals surface area contributed by atoms with Crippen molar-refractivity contribution in [3.05, 3.63) is 78.0 Å². The van der Waals surface area contributed by atoms with Crippen molar-refractivity contribution in [2.45, 2.75) is 20.3 Å². The van der Waals surface area contributed by atoms with E-state index in [1.165, 1.54) is 4.90 Å². The maximum Gasteiger partial charge on any atom is 0.278 e. The smallest absolute Gasteiger partial charge is 0.278 e. The highest BCUT2D eigenvalue weighted by molar-refractivity contribution is 6.36. The summed E-state index contributed by atoms with van der Waals surface area (Å²) in [5.41, 5.74) is 3.17. The molecule has 0 saturated heterocycles. The van der Waals surface area contributed by atoms with Gasteiger partial charge in [0.15, 0.2) is 0 Å². The molecule has 1 aliphatic heterocycles. The number of hydrogen-bond donors (Lipinski definition) is 1. The van der Waals surface area contributed by atoms with E-state index in [0.29, 0.717) is 17.7 Å². The Bertz CT molecular complexity index is 912. The predicted molar refractivity (Wildman–Crippen MR) is 111 cm³/mol. The number of hydrogen-bond acceptors (Lipinski definition) is 4. The lowest BCUT2D eigenvalue weighted by molar-refractivity contribution is -0.136. The molecule has 3 rings (SSSR count). The van der Waals surface area contributed by atoms with Crippen molar-refractivity contribution in [2.75, 3.05) is 18.5 Å². The number of nitrogens with one attached hydrogen (secondary N) is 1. The Morgan fingerprint density at radius 3 is 2.32 bits per heavy atom. The Kier molecular flexibility index (Phi) is 5.94. The maximum absolute atomic E-state index is 12.9. The fraction of sp³-hybridized carbons (Fsp3) is 0.217. The summed E-state index contributed by atoms with van der Waals surface area (Å²) in [5, 5.41) is 3.14. The van der Waals surface area contributed by atoms with Crippen LogP contribution in [-0.2, 0) is 9.59 Å². The normalized spacial score (nSPS) is 13.9. The first-order valence-corrected chi connectivity index (χ1v) is 9.33. The first-order chi connectivity index (χ1) is 13.5. The summed E-state index contributed by atoms with van der Waals surface area (Å²) in [7, 11) is 0. The zero-order chi connectivity index (χ0) is 20.1. The molecule has 0 bridgehead atoms. The monoisotopic (exact) mass is 376 g/mol. The lowest BCUT2D eigenvalue weighted by Gasteiger charge is -2.12. The van der Waals surface area contributed by atoms with Gasteiger partial charge in [-0.2, -0.15) is 0 Å². The minimum absolute atomic E-state index is 0.165. The Hall–Kier alpha value is -3.34. The van der Waals surface area contributed by atoms with Crippen LogP contribution < -0.4 is 10.1 Å². The molecule has 0 radical (unpaired) electrons. The average molecular weight is 376 g/mol. The van der Waals surface area contributed by atoms with Crippen molar-refractivity contribution >= 4 is 23.1 Å². The van der Waals surface area contributed by atoms with Crippen LogP contribution in [0.5, 0.6) is 5.75 Å². The van der Waals surface area contributed by atoms with Crippen LogP contribution >= 0.6 is 0 Å². The fourth-order valence-electron chi connectivity index (χ4n) is 2.97. The molecule has 0 aliphatic carbocycles. The zero-order valence-corrected chi connectivity index (χ0v) is 16.2. The van der Waals surface area contributed by atoms with E-state index in [-0.39, 0.29) is 24.1 Å². The van der Waals surface area contributed by atoms with Crippen LogP contribution in [0.15, 0.2) is 66.9 Å². The van der Waals surface area contributed by atoms with Gasteiger partial charge in [0.25, 0.3) is 11.8 Å². The molecule has 1 aliphatic rings. The molecular formula is C23H24N2O3. The lowest BCUT2D eigenvalue weighted by atomic mass is 10.0. The van der Waals surface area contributed by atoms with Gasteiger partial charge in [-0.3, -0.25) is 14.5 Å². The van der Waals surface area contributed by atoms with Crippen LogP contribution in [0.25, 0.3) is 5.57 Å². The minimum Gasteiger partial charge on any atom is -0.494 e. The maximum atomic E-state index is 12.9. The van der Waals surface area contributed by atoms with Crippen LogP contribution in [0.2, 0.25) is 0 Å². The molecule has 5 heteroatoms. The molecule has 0 unspecified atom stereocenters. The molecule has 0 aromatic heterocycles. The van der Waals surface area contributed by atoms with E-state index in [9.17, 15) is 9.59 Å². The first-order valence-electron chi connectivity index (χ1n) is 9.33. The summed E-state index contributed by atoms with van der Waals surface area (Å²) in [4.78, 5) is 27.0. The molecule has 0 saturated carbocycles. The Morgan fingerprint density at radius 2 is 1.71 bits per heavy atom. The lowest BCUT2D eigenvalue weighted by Crippen LogP contribution is -2.32. The Balaban J connectivity index is 1.98. The van der Waals surface area contributed by atoms with Crippen LogP contribution in [-0.4, -0.2) is 29.9 Å². The molecule has 1 N–H and O–H groups in total. The van der Waals surface area contributed by atoms with Crippen molar-refractivity contribution in [1.29, 1.82) is 0 Å². The van der Waals surface area contributed by atoms with E-state index in [4.69, 9.17) is 4.74 Å². The number of amides is 2. The van der Waals surface area contributed by atoms with Gasteiger partial charge >= 0.3 is 0 Å². The molecule has 0 atom stereocenters. The summed E-state index contributed by atoms with van der Waals surface area (Å²) in [5.74, 6) is 0.0486. The predicted octanol–water partition coefficient (Wildman–Crippen LogP) is 4.16. The number of carbonyl (C=O) groups is 2. The third kappa shape index (κ3) is 3.98. The van der Waals surface area contributed by atoms with Crippen molar-refractivity contribution in [2.24, 2.45) is 0 Å². The second-order valence-electron chi connectivity index (χ2n) is 6.62. The average Bonchev–Trinajstić information content (AvgIpc) is 2.93. The molecule has 2 amide bonds. The van der Waals surface area contributed by atoms with Gasteiger partial charge in [0.05, 0.1) is 12.2 Å². The number of anilines is 1. The summed E-state index contributed by atoms with van der Waals surface area (Å²) in [6.45, 7) is 8.48. The van der Waals surface area contributed by atoms with E-state index >= 15 is 0 Å². The van der Waals surface area contributed by atoms with Crippen molar-refractivity contribution in [1.82, 2.24) is 4.90 Å². The zero-order valence-electron chi connectivity index (χ0n) is 16.2. The number of carbonyl (C=O) groups excluding carboxylic acids is 2. The first kappa shape index (κ1) is 19.4. The Morgan fingerprint density at radius 1 is 1.04 bits per heavy atom. The van der Waals surface area contributed by atoms with Crippen molar-refractivity contribution < 1.29 is 14.3 Å².